The smallest absolute Gasteiger partial charge is 0.0876 e. The zero-order chi connectivity index (χ0) is 19.7. The van der Waals surface area contributed by atoms with E-state index in [1.165, 1.54) is 0 Å². The normalized spacial score (nSPS) is 14.3. The largest absolute Gasteiger partial charge is 0.384 e. The number of halogens is 1. The van der Waals surface area contributed by atoms with Crippen LogP contribution in [0.15, 0.2) is 41.7 Å². The molecule has 3 aromatic rings. The Morgan fingerprint density at radius 3 is 2.93 bits per heavy atom. The van der Waals surface area contributed by atoms with Gasteiger partial charge in [-0.15, -0.1) is 0 Å². The van der Waals surface area contributed by atoms with E-state index in [0.717, 1.165) is 16.6 Å². The topological polar surface area (TPSA) is 71.9 Å². The molecule has 0 aliphatic heterocycles. The Morgan fingerprint density at radius 2 is 2.22 bits per heavy atom. The van der Waals surface area contributed by atoms with E-state index in [1.807, 2.05) is 29.1 Å². The second-order valence-electron chi connectivity index (χ2n) is 7.27. The second-order valence-corrected chi connectivity index (χ2v) is 10.0. The number of aromatic nitrogens is 3. The molecule has 3 rings (SSSR count). The first-order valence-electron chi connectivity index (χ1n) is 8.66. The van der Waals surface area contributed by atoms with Gasteiger partial charge in [-0.2, -0.15) is 5.10 Å². The summed E-state index contributed by atoms with van der Waals surface area (Å²) in [5.41, 5.74) is 1.48. The number of nitrogens with zero attached hydrogens (tertiary/aromatic N) is 2. The summed E-state index contributed by atoms with van der Waals surface area (Å²) < 4.78 is 23.8. The van der Waals surface area contributed by atoms with Crippen LogP contribution in [0.5, 0.6) is 0 Å². The molecule has 0 saturated heterocycles. The van der Waals surface area contributed by atoms with Crippen LogP contribution in [0, 0.1) is 5.41 Å². The lowest BCUT2D eigenvalue weighted by Crippen LogP contribution is -2.25. The van der Waals surface area contributed by atoms with Gasteiger partial charge in [-0.05, 0) is 18.4 Å². The van der Waals surface area contributed by atoms with Gasteiger partial charge >= 0.3 is 0 Å². The van der Waals surface area contributed by atoms with Gasteiger partial charge in [-0.1, -0.05) is 37.6 Å². The molecule has 2 heterocycles. The van der Waals surface area contributed by atoms with E-state index in [-0.39, 0.29) is 5.41 Å². The van der Waals surface area contributed by atoms with Gasteiger partial charge in [0.1, 0.15) is 0 Å². The highest BCUT2D eigenvalue weighted by Gasteiger charge is 2.21. The van der Waals surface area contributed by atoms with Crippen LogP contribution in [0.4, 0.5) is 5.69 Å². The number of H-pyrrole nitrogens is 1. The molecule has 0 saturated carbocycles. The predicted molar refractivity (Wildman–Crippen MR) is 113 cm³/mol. The molecule has 0 spiro atoms. The highest BCUT2D eigenvalue weighted by Crippen LogP contribution is 2.30. The monoisotopic (exact) mass is 408 g/mol. The van der Waals surface area contributed by atoms with Crippen LogP contribution < -0.4 is 4.72 Å². The summed E-state index contributed by atoms with van der Waals surface area (Å²) >= 11 is 6.20. The van der Waals surface area contributed by atoms with Crippen LogP contribution >= 0.6 is 11.6 Å². The lowest BCUT2D eigenvalue weighted by atomic mass is 9.95. The van der Waals surface area contributed by atoms with Gasteiger partial charge < -0.3 is 14.4 Å². The number of fused-ring (bicyclic) bond motifs is 1. The minimum absolute atomic E-state index is 0.0745. The number of benzene rings is 1. The molecule has 27 heavy (non-hydrogen) atoms. The van der Waals surface area contributed by atoms with Crippen LogP contribution in [-0.4, -0.2) is 38.1 Å². The molecule has 0 aliphatic carbocycles. The molecule has 1 unspecified atom stereocenters. The second kappa shape index (κ2) is 7.58. The maximum absolute atomic E-state index is 13.6. The number of hydrogen-bond acceptors (Lipinski definition) is 3. The fraction of sp³-hybridized carbons (Fsp3) is 0.368. The Kier molecular flexibility index (Phi) is 5.55. The van der Waals surface area contributed by atoms with Crippen LogP contribution in [0.3, 0.4) is 0 Å². The zero-order valence-electron chi connectivity index (χ0n) is 16.0. The van der Waals surface area contributed by atoms with E-state index in [4.69, 9.17) is 16.3 Å². The van der Waals surface area contributed by atoms with Crippen molar-refractivity contribution in [1.29, 1.82) is 0 Å². The summed E-state index contributed by atoms with van der Waals surface area (Å²) in [5.74, 6) is 0. The van der Waals surface area contributed by atoms with Gasteiger partial charge in [0.25, 0.3) is 0 Å². The van der Waals surface area contributed by atoms with Crippen molar-refractivity contribution in [3.63, 3.8) is 0 Å². The summed E-state index contributed by atoms with van der Waals surface area (Å²) in [7, 11) is -0.954. The predicted octanol–water partition coefficient (Wildman–Crippen LogP) is 4.18. The average Bonchev–Trinajstić information content (AvgIpc) is 3.22. The number of methoxy groups -OCH3 is 1. The fourth-order valence-corrected chi connectivity index (χ4v) is 4.78. The number of rotatable bonds is 7. The first-order chi connectivity index (χ1) is 12.8. The third kappa shape index (κ3) is 4.15. The Hall–Kier alpha value is -1.96. The first kappa shape index (κ1) is 19.8. The van der Waals surface area contributed by atoms with Gasteiger partial charge in [0.15, 0.2) is 0 Å². The van der Waals surface area contributed by atoms with E-state index in [1.54, 1.807) is 31.8 Å². The highest BCUT2D eigenvalue weighted by molar-refractivity contribution is 8.02. The Labute approximate surface area is 165 Å². The minimum atomic E-state index is -2.64. The van der Waals surface area contributed by atoms with Gasteiger partial charge in [0.05, 0.1) is 43.6 Å². The van der Waals surface area contributed by atoms with Gasteiger partial charge in [0, 0.05) is 36.8 Å². The summed E-state index contributed by atoms with van der Waals surface area (Å²) in [6, 6.07) is 5.69. The summed E-state index contributed by atoms with van der Waals surface area (Å²) in [6.07, 6.45) is 5.21. The lowest BCUT2D eigenvalue weighted by molar-refractivity contribution is 0.0891. The molecule has 1 aromatic carbocycles. The molecular weight excluding hydrogens is 384 g/mol. The van der Waals surface area contributed by atoms with E-state index < -0.39 is 9.71 Å². The summed E-state index contributed by atoms with van der Waals surface area (Å²) in [5, 5.41) is 7.60. The quantitative estimate of drug-likeness (QED) is 0.576. The summed E-state index contributed by atoms with van der Waals surface area (Å²) in [6.45, 7) is 7.28. The molecule has 6 nitrogen and oxygen atoms in total. The number of aromatic amines is 1. The number of ether oxygens (including phenoxy) is 1. The van der Waals surface area contributed by atoms with Crippen molar-refractivity contribution in [2.75, 3.05) is 18.4 Å². The molecule has 0 fully saturated rings. The van der Waals surface area contributed by atoms with E-state index >= 15 is 0 Å². The van der Waals surface area contributed by atoms with Crippen LogP contribution in [0.25, 0.3) is 10.9 Å². The van der Waals surface area contributed by atoms with Gasteiger partial charge in [0.2, 0.25) is 0 Å². The lowest BCUT2D eigenvalue weighted by Gasteiger charge is -2.23. The Bertz CT molecular complexity index is 1060. The van der Waals surface area contributed by atoms with Gasteiger partial charge in [-0.3, -0.25) is 4.68 Å². The molecule has 0 aliphatic rings. The Morgan fingerprint density at radius 1 is 1.44 bits per heavy atom. The molecular formula is C19H25ClN4O2S. The number of para-hydroxylation sites is 1. The summed E-state index contributed by atoms with van der Waals surface area (Å²) in [4.78, 5) is 3.77. The standard InChI is InChI=1S/C19H25ClN4O2S/c1-5-27(25,14-9-22-24(11-14)12-19(2,3)13-26-4)23-17-8-6-7-15-16(20)10-21-18(15)17/h5-11,21H,12-13H2,1-4H3,(H,23,25). The van der Waals surface area contributed by atoms with Crippen molar-refractivity contribution in [2.24, 2.45) is 5.41 Å². The SMILES string of the molecule is CC=S(=O)(Nc1cccc2c(Cl)c[nH]c12)c1cnn(CC(C)(C)COC)c1. The van der Waals surface area contributed by atoms with Crippen molar-refractivity contribution < 1.29 is 8.95 Å². The minimum Gasteiger partial charge on any atom is -0.384 e. The molecule has 2 aromatic heterocycles. The third-order valence-corrected chi connectivity index (χ3v) is 6.75. The molecule has 0 radical (unpaired) electrons. The average molecular weight is 409 g/mol. The van der Waals surface area contributed by atoms with Crippen molar-refractivity contribution in [3.05, 3.63) is 41.8 Å². The zero-order valence-corrected chi connectivity index (χ0v) is 17.5. The van der Waals surface area contributed by atoms with E-state index in [9.17, 15) is 4.21 Å². The number of nitrogens with one attached hydrogen (secondary N) is 2. The number of hydrogen-bond donors (Lipinski definition) is 2. The fourth-order valence-electron chi connectivity index (χ4n) is 3.09. The Balaban J connectivity index is 1.91. The van der Waals surface area contributed by atoms with E-state index in [2.05, 4.69) is 28.7 Å². The van der Waals surface area contributed by atoms with E-state index in [0.29, 0.717) is 23.1 Å². The van der Waals surface area contributed by atoms with Crippen molar-refractivity contribution >= 4 is 43.3 Å². The van der Waals surface area contributed by atoms with Gasteiger partial charge in [-0.25, -0.2) is 4.21 Å². The molecule has 0 amide bonds. The molecule has 2 N–H and O–H groups in total. The highest BCUT2D eigenvalue weighted by atomic mass is 35.5. The van der Waals surface area contributed by atoms with Crippen LogP contribution in [0.2, 0.25) is 5.02 Å². The van der Waals surface area contributed by atoms with Crippen LogP contribution in [0.1, 0.15) is 20.8 Å². The number of anilines is 1. The van der Waals surface area contributed by atoms with Crippen molar-refractivity contribution in [3.8, 4) is 0 Å². The molecule has 8 heteroatoms. The third-order valence-electron chi connectivity index (χ3n) is 4.34. The maximum Gasteiger partial charge on any atom is 0.0876 e. The molecule has 0 bridgehead atoms. The van der Waals surface area contributed by atoms with Crippen molar-refractivity contribution in [2.45, 2.75) is 32.2 Å². The van der Waals surface area contributed by atoms with Crippen molar-refractivity contribution in [1.82, 2.24) is 14.8 Å². The molecule has 1 atom stereocenters. The van der Waals surface area contributed by atoms with Crippen LogP contribution in [-0.2, 0) is 21.0 Å². The first-order valence-corrected chi connectivity index (χ1v) is 10.7. The molecule has 146 valence electrons. The maximum atomic E-state index is 13.6.